The molecule has 3 rings (SSSR count). The van der Waals surface area contributed by atoms with Gasteiger partial charge in [0.2, 0.25) is 10.0 Å². The second-order valence-corrected chi connectivity index (χ2v) is 8.58. The summed E-state index contributed by atoms with van der Waals surface area (Å²) in [6.45, 7) is 8.33. The normalized spacial score (nSPS) is 18.4. The Morgan fingerprint density at radius 2 is 2.20 bits per heavy atom. The summed E-state index contributed by atoms with van der Waals surface area (Å²) in [5.41, 5.74) is 3.18. The van der Waals surface area contributed by atoms with Crippen molar-refractivity contribution in [3.8, 4) is 0 Å². The van der Waals surface area contributed by atoms with Gasteiger partial charge in [0.15, 0.2) is 0 Å². The summed E-state index contributed by atoms with van der Waals surface area (Å²) in [4.78, 5) is 2.34. The van der Waals surface area contributed by atoms with E-state index in [0.29, 0.717) is 13.0 Å². The third-order valence-electron chi connectivity index (χ3n) is 4.70. The topological polar surface area (TPSA) is 93.3 Å². The first kappa shape index (κ1) is 18.1. The van der Waals surface area contributed by atoms with Crippen molar-refractivity contribution in [2.45, 2.75) is 46.3 Å². The number of nitrogens with one attached hydrogen (secondary N) is 1. The molecule has 0 radical (unpaired) electrons. The van der Waals surface area contributed by atoms with Crippen molar-refractivity contribution in [3.63, 3.8) is 0 Å². The summed E-state index contributed by atoms with van der Waals surface area (Å²) in [6.07, 6.45) is 2.50. The molecular formula is C16H25N5O3S. The molecule has 0 fully saturated rings. The van der Waals surface area contributed by atoms with Crippen LogP contribution in [0.1, 0.15) is 42.1 Å². The van der Waals surface area contributed by atoms with Gasteiger partial charge in [0.1, 0.15) is 5.76 Å². The van der Waals surface area contributed by atoms with Crippen LogP contribution in [0.2, 0.25) is 0 Å². The van der Waals surface area contributed by atoms with Crippen molar-refractivity contribution in [2.75, 3.05) is 18.8 Å². The molecule has 0 aromatic carbocycles. The highest BCUT2D eigenvalue weighted by molar-refractivity contribution is 7.89. The molecule has 3 heterocycles. The molecule has 0 bridgehead atoms. The Morgan fingerprint density at radius 3 is 2.88 bits per heavy atom. The van der Waals surface area contributed by atoms with Crippen LogP contribution in [0.3, 0.4) is 0 Å². The SMILES string of the molecule is CCS(=O)(=O)NCC[C@H]1CN(Cc2c(C)noc2C)Cc2ccnn21. The van der Waals surface area contributed by atoms with Crippen LogP contribution in [-0.4, -0.2) is 47.1 Å². The predicted molar refractivity (Wildman–Crippen MR) is 93.4 cm³/mol. The fourth-order valence-electron chi connectivity index (χ4n) is 3.23. The highest BCUT2D eigenvalue weighted by Crippen LogP contribution is 2.25. The molecule has 0 aliphatic carbocycles. The summed E-state index contributed by atoms with van der Waals surface area (Å²) < 4.78 is 33.2. The van der Waals surface area contributed by atoms with Gasteiger partial charge in [0.05, 0.1) is 23.2 Å². The molecule has 1 aliphatic heterocycles. The molecule has 1 aliphatic rings. The zero-order valence-electron chi connectivity index (χ0n) is 14.9. The zero-order chi connectivity index (χ0) is 18.0. The van der Waals surface area contributed by atoms with Gasteiger partial charge in [-0.3, -0.25) is 9.58 Å². The number of nitrogens with zero attached hydrogens (tertiary/aromatic N) is 4. The quantitative estimate of drug-likeness (QED) is 0.794. The van der Waals surface area contributed by atoms with Gasteiger partial charge in [-0.1, -0.05) is 5.16 Å². The molecule has 0 unspecified atom stereocenters. The lowest BCUT2D eigenvalue weighted by Gasteiger charge is -2.34. The van der Waals surface area contributed by atoms with Gasteiger partial charge in [0.25, 0.3) is 0 Å². The fraction of sp³-hybridized carbons (Fsp3) is 0.625. The lowest BCUT2D eigenvalue weighted by molar-refractivity contribution is 0.161. The highest BCUT2D eigenvalue weighted by Gasteiger charge is 2.27. The molecule has 2 aromatic rings. The first-order valence-electron chi connectivity index (χ1n) is 8.53. The molecule has 2 aromatic heterocycles. The van der Waals surface area contributed by atoms with Crippen LogP contribution in [0.5, 0.6) is 0 Å². The van der Waals surface area contributed by atoms with Crippen molar-refractivity contribution < 1.29 is 12.9 Å². The van der Waals surface area contributed by atoms with Crippen molar-refractivity contribution in [3.05, 3.63) is 35.0 Å². The van der Waals surface area contributed by atoms with Gasteiger partial charge in [-0.25, -0.2) is 13.1 Å². The van der Waals surface area contributed by atoms with Gasteiger partial charge in [-0.05, 0) is 33.3 Å². The third kappa shape index (κ3) is 4.10. The van der Waals surface area contributed by atoms with Gasteiger partial charge in [-0.2, -0.15) is 5.10 Å². The van der Waals surface area contributed by atoms with Gasteiger partial charge in [-0.15, -0.1) is 0 Å². The number of sulfonamides is 1. The van der Waals surface area contributed by atoms with E-state index in [4.69, 9.17) is 4.52 Å². The molecule has 0 spiro atoms. The van der Waals surface area contributed by atoms with Crippen LogP contribution in [0.25, 0.3) is 0 Å². The molecule has 0 saturated heterocycles. The van der Waals surface area contributed by atoms with Crippen molar-refractivity contribution in [1.82, 2.24) is 24.6 Å². The first-order valence-corrected chi connectivity index (χ1v) is 10.2. The maximum absolute atomic E-state index is 11.6. The standard InChI is InChI=1S/C16H25N5O3S/c1-4-25(22,23)18-8-6-15-10-20(9-14-5-7-17-21(14)15)11-16-12(2)19-24-13(16)3/h5,7,15,18H,4,6,8-11H2,1-3H3/t15-/m0/s1. The van der Waals surface area contributed by atoms with Crippen LogP contribution in [0, 0.1) is 13.8 Å². The van der Waals surface area contributed by atoms with E-state index in [2.05, 4.69) is 19.9 Å². The second kappa shape index (κ2) is 7.27. The van der Waals surface area contributed by atoms with Crippen LogP contribution in [0.4, 0.5) is 0 Å². The van der Waals surface area contributed by atoms with Gasteiger partial charge in [0, 0.05) is 37.9 Å². The summed E-state index contributed by atoms with van der Waals surface area (Å²) in [6, 6.07) is 2.15. The van der Waals surface area contributed by atoms with E-state index in [-0.39, 0.29) is 11.8 Å². The third-order valence-corrected chi connectivity index (χ3v) is 6.10. The van der Waals surface area contributed by atoms with Crippen LogP contribution >= 0.6 is 0 Å². The summed E-state index contributed by atoms with van der Waals surface area (Å²) >= 11 is 0. The Labute approximate surface area is 148 Å². The number of aryl methyl sites for hydroxylation is 2. The molecule has 1 N–H and O–H groups in total. The van der Waals surface area contributed by atoms with Crippen molar-refractivity contribution >= 4 is 10.0 Å². The number of rotatable bonds is 7. The van der Waals surface area contributed by atoms with Gasteiger partial charge < -0.3 is 4.52 Å². The van der Waals surface area contributed by atoms with E-state index in [1.165, 1.54) is 0 Å². The molecule has 138 valence electrons. The maximum atomic E-state index is 11.6. The Kier molecular flexibility index (Phi) is 5.26. The van der Waals surface area contributed by atoms with Crippen molar-refractivity contribution in [1.29, 1.82) is 0 Å². The number of hydrogen-bond donors (Lipinski definition) is 1. The number of fused-ring (bicyclic) bond motifs is 1. The Hall–Kier alpha value is -1.71. The van der Waals surface area contributed by atoms with E-state index in [1.807, 2.05) is 24.6 Å². The van der Waals surface area contributed by atoms with Crippen LogP contribution < -0.4 is 4.72 Å². The smallest absolute Gasteiger partial charge is 0.211 e. The minimum Gasteiger partial charge on any atom is -0.361 e. The highest BCUT2D eigenvalue weighted by atomic mass is 32.2. The molecular weight excluding hydrogens is 342 g/mol. The average molecular weight is 367 g/mol. The van der Waals surface area contributed by atoms with E-state index in [9.17, 15) is 8.42 Å². The van der Waals surface area contributed by atoms with Crippen LogP contribution in [0.15, 0.2) is 16.8 Å². The number of hydrogen-bond acceptors (Lipinski definition) is 6. The fourth-order valence-corrected chi connectivity index (χ4v) is 3.87. The van der Waals surface area contributed by atoms with E-state index < -0.39 is 10.0 Å². The molecule has 9 heteroatoms. The lowest BCUT2D eigenvalue weighted by Crippen LogP contribution is -2.39. The van der Waals surface area contributed by atoms with E-state index in [0.717, 1.165) is 42.3 Å². The Balaban J connectivity index is 1.69. The van der Waals surface area contributed by atoms with Gasteiger partial charge >= 0.3 is 0 Å². The van der Waals surface area contributed by atoms with Crippen molar-refractivity contribution in [2.24, 2.45) is 0 Å². The summed E-state index contributed by atoms with van der Waals surface area (Å²) in [5, 5.41) is 8.45. The van der Waals surface area contributed by atoms with Crippen LogP contribution in [-0.2, 0) is 23.1 Å². The molecule has 0 amide bonds. The first-order chi connectivity index (χ1) is 11.9. The minimum atomic E-state index is -3.16. The number of aromatic nitrogens is 3. The Bertz CT molecular complexity index is 807. The predicted octanol–water partition coefficient (Wildman–Crippen LogP) is 1.37. The second-order valence-electron chi connectivity index (χ2n) is 6.48. The monoisotopic (exact) mass is 367 g/mol. The summed E-state index contributed by atoms with van der Waals surface area (Å²) in [7, 11) is -3.16. The largest absolute Gasteiger partial charge is 0.361 e. The lowest BCUT2D eigenvalue weighted by atomic mass is 10.1. The van der Waals surface area contributed by atoms with E-state index >= 15 is 0 Å². The maximum Gasteiger partial charge on any atom is 0.211 e. The average Bonchev–Trinajstić information content (AvgIpc) is 3.16. The zero-order valence-corrected chi connectivity index (χ0v) is 15.7. The molecule has 1 atom stereocenters. The summed E-state index contributed by atoms with van der Waals surface area (Å²) in [5.74, 6) is 0.951. The Morgan fingerprint density at radius 1 is 1.40 bits per heavy atom. The molecule has 8 nitrogen and oxygen atoms in total. The molecule has 0 saturated carbocycles. The van der Waals surface area contributed by atoms with E-state index in [1.54, 1.807) is 13.1 Å². The molecule has 25 heavy (non-hydrogen) atoms. The minimum absolute atomic E-state index is 0.100.